The highest BCUT2D eigenvalue weighted by molar-refractivity contribution is 5.59. The van der Waals surface area contributed by atoms with E-state index in [2.05, 4.69) is 10.4 Å². The van der Waals surface area contributed by atoms with Crippen molar-refractivity contribution in [1.82, 2.24) is 9.78 Å². The van der Waals surface area contributed by atoms with Gasteiger partial charge in [0.2, 0.25) is 5.82 Å². The molecule has 0 aliphatic carbocycles. The first-order valence-electron chi connectivity index (χ1n) is 7.57. The lowest BCUT2D eigenvalue weighted by Gasteiger charge is -2.25. The van der Waals surface area contributed by atoms with Crippen molar-refractivity contribution in [3.8, 4) is 5.75 Å². The maximum Gasteiger partial charge on any atom is 0.333 e. The van der Waals surface area contributed by atoms with Crippen molar-refractivity contribution in [2.45, 2.75) is 25.8 Å². The van der Waals surface area contributed by atoms with Gasteiger partial charge in [-0.15, -0.1) is 0 Å². The Morgan fingerprint density at radius 1 is 1.42 bits per heavy atom. The molecule has 1 heterocycles. The van der Waals surface area contributed by atoms with Crippen molar-refractivity contribution in [1.29, 1.82) is 0 Å². The third kappa shape index (κ3) is 4.02. The lowest BCUT2D eigenvalue weighted by atomic mass is 9.94. The molecule has 2 rings (SSSR count). The zero-order chi connectivity index (χ0) is 17.9. The number of nitrogens with one attached hydrogen (secondary N) is 1. The first-order chi connectivity index (χ1) is 11.2. The number of anilines is 1. The molecule has 2 aromatic rings. The van der Waals surface area contributed by atoms with Gasteiger partial charge in [-0.2, -0.15) is 5.10 Å². The Hall–Kier alpha value is -2.61. The van der Waals surface area contributed by atoms with Crippen molar-refractivity contribution in [2.75, 3.05) is 19.0 Å². The van der Waals surface area contributed by atoms with Crippen LogP contribution >= 0.6 is 0 Å². The number of nitrogens with two attached hydrogens (primary N) is 1. The van der Waals surface area contributed by atoms with Gasteiger partial charge in [0.15, 0.2) is 0 Å². The summed E-state index contributed by atoms with van der Waals surface area (Å²) < 4.78 is 6.61. The van der Waals surface area contributed by atoms with Crippen molar-refractivity contribution in [3.05, 3.63) is 45.6 Å². The molecule has 0 radical (unpaired) electrons. The summed E-state index contributed by atoms with van der Waals surface area (Å²) in [5, 5.41) is 18.4. The van der Waals surface area contributed by atoms with E-state index in [4.69, 9.17) is 10.5 Å². The zero-order valence-corrected chi connectivity index (χ0v) is 14.4. The Balaban J connectivity index is 2.08. The maximum atomic E-state index is 11.2. The number of methoxy groups -OCH3 is 1. The molecule has 0 aliphatic heterocycles. The van der Waals surface area contributed by atoms with Crippen molar-refractivity contribution < 1.29 is 9.66 Å². The first kappa shape index (κ1) is 17.7. The number of nitrogens with zero attached hydrogens (tertiary/aromatic N) is 3. The minimum absolute atomic E-state index is 0.0160. The average molecular weight is 333 g/mol. The summed E-state index contributed by atoms with van der Waals surface area (Å²) in [5.41, 5.74) is 7.20. The van der Waals surface area contributed by atoms with Crippen LogP contribution in [0.25, 0.3) is 0 Å². The third-order valence-electron chi connectivity index (χ3n) is 3.80. The van der Waals surface area contributed by atoms with Crippen molar-refractivity contribution >= 4 is 11.5 Å². The van der Waals surface area contributed by atoms with E-state index in [1.165, 1.54) is 4.68 Å². The smallest absolute Gasteiger partial charge is 0.333 e. The molecule has 0 amide bonds. The van der Waals surface area contributed by atoms with Gasteiger partial charge >= 0.3 is 5.69 Å². The summed E-state index contributed by atoms with van der Waals surface area (Å²) in [6.07, 6.45) is 0.620. The molecule has 0 bridgehead atoms. The topological polar surface area (TPSA) is 108 Å². The third-order valence-corrected chi connectivity index (χ3v) is 3.80. The van der Waals surface area contributed by atoms with Crippen LogP contribution in [0.5, 0.6) is 5.75 Å². The molecule has 1 aromatic carbocycles. The standard InChI is InChI=1S/C16H23N5O3/c1-11-14(21(22)23)15(20(3)19-11)18-10-16(2,17)9-12-5-7-13(24-4)8-6-12/h5-8,18H,9-10,17H2,1-4H3. The molecule has 0 spiro atoms. The van der Waals surface area contributed by atoms with E-state index in [1.807, 2.05) is 31.2 Å². The second-order valence-corrected chi connectivity index (χ2v) is 6.20. The van der Waals surface area contributed by atoms with Crippen LogP contribution in [0, 0.1) is 17.0 Å². The van der Waals surface area contributed by atoms with Crippen LogP contribution in [0.15, 0.2) is 24.3 Å². The van der Waals surface area contributed by atoms with E-state index < -0.39 is 10.5 Å². The second-order valence-electron chi connectivity index (χ2n) is 6.20. The van der Waals surface area contributed by atoms with E-state index in [9.17, 15) is 10.1 Å². The van der Waals surface area contributed by atoms with Gasteiger partial charge in [-0.25, -0.2) is 4.68 Å². The fourth-order valence-electron chi connectivity index (χ4n) is 2.62. The van der Waals surface area contributed by atoms with E-state index in [1.54, 1.807) is 21.1 Å². The number of nitro groups is 1. The zero-order valence-electron chi connectivity index (χ0n) is 14.4. The fourth-order valence-corrected chi connectivity index (χ4v) is 2.62. The summed E-state index contributed by atoms with van der Waals surface area (Å²) in [4.78, 5) is 10.8. The van der Waals surface area contributed by atoms with Crippen molar-refractivity contribution in [2.24, 2.45) is 12.8 Å². The Morgan fingerprint density at radius 3 is 2.58 bits per heavy atom. The van der Waals surface area contributed by atoms with Crippen LogP contribution < -0.4 is 15.8 Å². The molecule has 1 atom stereocenters. The van der Waals surface area contributed by atoms with Gasteiger partial charge in [-0.1, -0.05) is 12.1 Å². The lowest BCUT2D eigenvalue weighted by Crippen LogP contribution is -2.45. The van der Waals surface area contributed by atoms with E-state index in [0.717, 1.165) is 11.3 Å². The molecule has 0 saturated carbocycles. The van der Waals surface area contributed by atoms with Gasteiger partial charge in [0, 0.05) is 19.1 Å². The van der Waals surface area contributed by atoms with Gasteiger partial charge in [0.1, 0.15) is 11.4 Å². The highest BCUT2D eigenvalue weighted by Crippen LogP contribution is 2.27. The highest BCUT2D eigenvalue weighted by Gasteiger charge is 2.26. The van der Waals surface area contributed by atoms with Crippen LogP contribution in [0.4, 0.5) is 11.5 Å². The molecule has 1 unspecified atom stereocenters. The van der Waals surface area contributed by atoms with Gasteiger partial charge in [-0.05, 0) is 38.0 Å². The quantitative estimate of drug-likeness (QED) is 0.593. The fraction of sp³-hybridized carbons (Fsp3) is 0.438. The van der Waals surface area contributed by atoms with Gasteiger partial charge < -0.3 is 15.8 Å². The largest absolute Gasteiger partial charge is 0.497 e. The van der Waals surface area contributed by atoms with E-state index in [-0.39, 0.29) is 5.69 Å². The molecule has 24 heavy (non-hydrogen) atoms. The second kappa shape index (κ2) is 6.88. The van der Waals surface area contributed by atoms with E-state index >= 15 is 0 Å². The Kier molecular flexibility index (Phi) is 5.08. The number of hydrogen-bond donors (Lipinski definition) is 2. The molecule has 130 valence electrons. The lowest BCUT2D eigenvalue weighted by molar-refractivity contribution is -0.384. The monoisotopic (exact) mass is 333 g/mol. The van der Waals surface area contributed by atoms with Gasteiger partial charge in [0.05, 0.1) is 12.0 Å². The molecule has 3 N–H and O–H groups in total. The first-order valence-corrected chi connectivity index (χ1v) is 7.57. The summed E-state index contributed by atoms with van der Waals surface area (Å²) in [5.74, 6) is 1.15. The molecule has 0 saturated heterocycles. The normalized spacial score (nSPS) is 13.4. The molecule has 8 heteroatoms. The Labute approximate surface area is 140 Å². The minimum Gasteiger partial charge on any atom is -0.497 e. The highest BCUT2D eigenvalue weighted by atomic mass is 16.6. The summed E-state index contributed by atoms with van der Waals surface area (Å²) in [6.45, 7) is 3.89. The molecule has 8 nitrogen and oxygen atoms in total. The van der Waals surface area contributed by atoms with Gasteiger partial charge in [0.25, 0.3) is 0 Å². The van der Waals surface area contributed by atoms with Crippen LogP contribution in [0.3, 0.4) is 0 Å². The van der Waals surface area contributed by atoms with Crippen LogP contribution in [0.1, 0.15) is 18.2 Å². The number of aromatic nitrogens is 2. The summed E-state index contributed by atoms with van der Waals surface area (Å²) >= 11 is 0. The number of benzene rings is 1. The van der Waals surface area contributed by atoms with Gasteiger partial charge in [-0.3, -0.25) is 10.1 Å². The SMILES string of the molecule is COc1ccc(CC(C)(N)CNc2c([N+](=O)[O-])c(C)nn2C)cc1. The van der Waals surface area contributed by atoms with Crippen LogP contribution in [-0.4, -0.2) is 33.9 Å². The predicted octanol–water partition coefficient (Wildman–Crippen LogP) is 2.02. The summed E-state index contributed by atoms with van der Waals surface area (Å²) in [6, 6.07) is 7.68. The minimum atomic E-state index is -0.583. The molecule has 1 aromatic heterocycles. The Bertz CT molecular complexity index is 722. The number of ether oxygens (including phenoxy) is 1. The Morgan fingerprint density at radius 2 is 2.04 bits per heavy atom. The van der Waals surface area contributed by atoms with Crippen LogP contribution in [0.2, 0.25) is 0 Å². The molecule has 0 fully saturated rings. The molecular weight excluding hydrogens is 310 g/mol. The van der Waals surface area contributed by atoms with Crippen molar-refractivity contribution in [3.63, 3.8) is 0 Å². The maximum absolute atomic E-state index is 11.2. The number of aryl methyl sites for hydroxylation is 2. The summed E-state index contributed by atoms with van der Waals surface area (Å²) in [7, 11) is 3.29. The molecular formula is C16H23N5O3. The molecule has 0 aliphatic rings. The van der Waals surface area contributed by atoms with E-state index in [0.29, 0.717) is 24.5 Å². The number of rotatable bonds is 7. The van der Waals surface area contributed by atoms with Crippen LogP contribution in [-0.2, 0) is 13.5 Å². The predicted molar refractivity (Wildman–Crippen MR) is 92.4 cm³/mol. The number of hydrogen-bond acceptors (Lipinski definition) is 6. The average Bonchev–Trinajstić information content (AvgIpc) is 2.79.